The molecule has 3 aliphatic rings. The lowest BCUT2D eigenvalue weighted by Gasteiger charge is -2.28. The average Bonchev–Trinajstić information content (AvgIpc) is 3.58. The standard InChI is InChI=1S/C19H21N5O2/c25-16-8-15(22-19(26)14-10-21-23-17(14)11-3-4-11)18(24(16)13-5-6-13)12-2-1-7-20-9-12/h1-2,7,9-11,13,15,18H,3-6,8H2,(H,21,23)(H,22,26)/t15-,18+/m1/s1. The van der Waals surface area contributed by atoms with Crippen LogP contribution in [0.5, 0.6) is 0 Å². The van der Waals surface area contributed by atoms with Gasteiger partial charge in [0.05, 0.1) is 29.5 Å². The van der Waals surface area contributed by atoms with Gasteiger partial charge in [-0.05, 0) is 37.3 Å². The Balaban J connectivity index is 1.42. The zero-order valence-corrected chi connectivity index (χ0v) is 14.4. The van der Waals surface area contributed by atoms with Gasteiger partial charge in [-0.15, -0.1) is 0 Å². The minimum atomic E-state index is -0.248. The fourth-order valence-corrected chi connectivity index (χ4v) is 4.02. The largest absolute Gasteiger partial charge is 0.346 e. The quantitative estimate of drug-likeness (QED) is 0.861. The maximum absolute atomic E-state index is 12.9. The Bertz CT molecular complexity index is 841. The SMILES string of the molecule is O=C(N[C@@H]1CC(=O)N(C2CC2)[C@H]1c1cccnc1)c1cn[nH]c1C1CC1. The van der Waals surface area contributed by atoms with E-state index in [1.165, 1.54) is 0 Å². The number of hydrogen-bond acceptors (Lipinski definition) is 4. The number of aromatic nitrogens is 3. The van der Waals surface area contributed by atoms with E-state index in [0.29, 0.717) is 23.9 Å². The Morgan fingerprint density at radius 3 is 2.77 bits per heavy atom. The number of amides is 2. The summed E-state index contributed by atoms with van der Waals surface area (Å²) >= 11 is 0. The number of carbonyl (C=O) groups is 2. The predicted octanol–water partition coefficient (Wildman–Crippen LogP) is 1.92. The number of hydrogen-bond donors (Lipinski definition) is 2. The average molecular weight is 351 g/mol. The lowest BCUT2D eigenvalue weighted by molar-refractivity contribution is -0.129. The Morgan fingerprint density at radius 2 is 2.08 bits per heavy atom. The molecule has 2 aromatic heterocycles. The van der Waals surface area contributed by atoms with Gasteiger partial charge in [-0.2, -0.15) is 5.10 Å². The Labute approximate surface area is 151 Å². The second-order valence-corrected chi connectivity index (χ2v) is 7.52. The first-order valence-electron chi connectivity index (χ1n) is 9.27. The molecule has 2 aromatic rings. The van der Waals surface area contributed by atoms with Crippen molar-refractivity contribution in [2.45, 2.75) is 56.1 Å². The van der Waals surface area contributed by atoms with E-state index >= 15 is 0 Å². The molecule has 0 spiro atoms. The van der Waals surface area contributed by atoms with E-state index in [1.807, 2.05) is 17.0 Å². The van der Waals surface area contributed by atoms with Gasteiger partial charge in [-0.25, -0.2) is 0 Å². The molecule has 0 aromatic carbocycles. The number of carbonyl (C=O) groups excluding carboxylic acids is 2. The second-order valence-electron chi connectivity index (χ2n) is 7.52. The molecule has 5 rings (SSSR count). The molecule has 134 valence electrons. The number of aromatic amines is 1. The molecule has 2 amide bonds. The maximum Gasteiger partial charge on any atom is 0.255 e. The van der Waals surface area contributed by atoms with Crippen LogP contribution in [0.3, 0.4) is 0 Å². The number of pyridine rings is 1. The van der Waals surface area contributed by atoms with Crippen molar-refractivity contribution in [2.75, 3.05) is 0 Å². The highest BCUT2D eigenvalue weighted by Gasteiger charge is 2.48. The van der Waals surface area contributed by atoms with E-state index in [1.54, 1.807) is 18.6 Å². The Kier molecular flexibility index (Phi) is 3.55. The monoisotopic (exact) mass is 351 g/mol. The van der Waals surface area contributed by atoms with Crippen LogP contribution in [-0.2, 0) is 4.79 Å². The molecule has 2 aliphatic carbocycles. The molecule has 0 bridgehead atoms. The highest BCUT2D eigenvalue weighted by Crippen LogP contribution is 2.42. The first kappa shape index (κ1) is 15.5. The summed E-state index contributed by atoms with van der Waals surface area (Å²) in [6.45, 7) is 0. The molecule has 1 aliphatic heterocycles. The minimum Gasteiger partial charge on any atom is -0.346 e. The van der Waals surface area contributed by atoms with Crippen molar-refractivity contribution >= 4 is 11.8 Å². The van der Waals surface area contributed by atoms with Gasteiger partial charge in [-0.1, -0.05) is 6.07 Å². The van der Waals surface area contributed by atoms with Gasteiger partial charge in [-0.3, -0.25) is 19.7 Å². The van der Waals surface area contributed by atoms with Crippen molar-refractivity contribution in [3.63, 3.8) is 0 Å². The first-order valence-corrected chi connectivity index (χ1v) is 9.27. The lowest BCUT2D eigenvalue weighted by atomic mass is 10.0. The van der Waals surface area contributed by atoms with Crippen molar-refractivity contribution in [1.82, 2.24) is 25.4 Å². The summed E-state index contributed by atoms with van der Waals surface area (Å²) in [5.41, 5.74) is 2.50. The third-order valence-corrected chi connectivity index (χ3v) is 5.55. The highest BCUT2D eigenvalue weighted by molar-refractivity contribution is 5.96. The van der Waals surface area contributed by atoms with E-state index in [0.717, 1.165) is 36.9 Å². The van der Waals surface area contributed by atoms with Gasteiger partial charge >= 0.3 is 0 Å². The number of rotatable bonds is 5. The third-order valence-electron chi connectivity index (χ3n) is 5.55. The fourth-order valence-electron chi connectivity index (χ4n) is 4.02. The Morgan fingerprint density at radius 1 is 1.23 bits per heavy atom. The van der Waals surface area contributed by atoms with Crippen molar-refractivity contribution in [1.29, 1.82) is 0 Å². The maximum atomic E-state index is 12.9. The van der Waals surface area contributed by atoms with Crippen LogP contribution in [0.2, 0.25) is 0 Å². The summed E-state index contributed by atoms with van der Waals surface area (Å²) in [5.74, 6) is 0.381. The highest BCUT2D eigenvalue weighted by atomic mass is 16.2. The van der Waals surface area contributed by atoms with Crippen LogP contribution in [0.1, 0.15) is 65.7 Å². The fraction of sp³-hybridized carbons (Fsp3) is 0.474. The van der Waals surface area contributed by atoms with Gasteiger partial charge < -0.3 is 10.2 Å². The molecule has 2 atom stereocenters. The van der Waals surface area contributed by atoms with Crippen LogP contribution in [0.4, 0.5) is 0 Å². The number of H-pyrrole nitrogens is 1. The molecule has 7 nitrogen and oxygen atoms in total. The van der Waals surface area contributed by atoms with Gasteiger partial charge in [0, 0.05) is 30.8 Å². The van der Waals surface area contributed by atoms with E-state index in [4.69, 9.17) is 0 Å². The summed E-state index contributed by atoms with van der Waals surface area (Å²) < 4.78 is 0. The molecule has 7 heteroatoms. The Hall–Kier alpha value is -2.70. The first-order chi connectivity index (χ1) is 12.7. The minimum absolute atomic E-state index is 0.112. The predicted molar refractivity (Wildman–Crippen MR) is 93.3 cm³/mol. The number of nitrogens with zero attached hydrogens (tertiary/aromatic N) is 3. The molecular weight excluding hydrogens is 330 g/mol. The zero-order chi connectivity index (χ0) is 17.7. The van der Waals surface area contributed by atoms with Gasteiger partial charge in [0.25, 0.3) is 5.91 Å². The summed E-state index contributed by atoms with van der Waals surface area (Å²) in [6.07, 6.45) is 9.72. The third kappa shape index (κ3) is 2.67. The summed E-state index contributed by atoms with van der Waals surface area (Å²) in [6, 6.07) is 3.76. The van der Waals surface area contributed by atoms with Gasteiger partial charge in [0.1, 0.15) is 0 Å². The molecule has 2 N–H and O–H groups in total. The van der Waals surface area contributed by atoms with Crippen molar-refractivity contribution < 1.29 is 9.59 Å². The van der Waals surface area contributed by atoms with E-state index in [2.05, 4.69) is 20.5 Å². The van der Waals surface area contributed by atoms with Crippen LogP contribution >= 0.6 is 0 Å². The number of nitrogens with one attached hydrogen (secondary N) is 2. The molecule has 3 heterocycles. The van der Waals surface area contributed by atoms with E-state index in [-0.39, 0.29) is 23.9 Å². The summed E-state index contributed by atoms with van der Waals surface area (Å²) in [4.78, 5) is 31.7. The lowest BCUT2D eigenvalue weighted by Crippen LogP contribution is -2.40. The van der Waals surface area contributed by atoms with Crippen molar-refractivity contribution in [3.8, 4) is 0 Å². The number of likely N-dealkylation sites (tertiary alicyclic amines) is 1. The van der Waals surface area contributed by atoms with Crippen molar-refractivity contribution in [3.05, 3.63) is 47.5 Å². The normalized spacial score (nSPS) is 25.5. The molecule has 0 radical (unpaired) electrons. The second kappa shape index (κ2) is 5.93. The van der Waals surface area contributed by atoms with Crippen molar-refractivity contribution in [2.24, 2.45) is 0 Å². The van der Waals surface area contributed by atoms with Crippen LogP contribution in [0.15, 0.2) is 30.7 Å². The van der Waals surface area contributed by atoms with E-state index < -0.39 is 0 Å². The molecule has 26 heavy (non-hydrogen) atoms. The molecule has 0 unspecified atom stereocenters. The smallest absolute Gasteiger partial charge is 0.255 e. The summed E-state index contributed by atoms with van der Waals surface area (Å²) in [7, 11) is 0. The molecular formula is C19H21N5O2. The molecule has 3 fully saturated rings. The van der Waals surface area contributed by atoms with Crippen LogP contribution < -0.4 is 5.32 Å². The van der Waals surface area contributed by atoms with E-state index in [9.17, 15) is 9.59 Å². The van der Waals surface area contributed by atoms with Crippen LogP contribution in [-0.4, -0.2) is 44.0 Å². The van der Waals surface area contributed by atoms with Crippen LogP contribution in [0.25, 0.3) is 0 Å². The zero-order valence-electron chi connectivity index (χ0n) is 14.4. The van der Waals surface area contributed by atoms with Gasteiger partial charge in [0.15, 0.2) is 0 Å². The molecule has 1 saturated heterocycles. The summed E-state index contributed by atoms with van der Waals surface area (Å²) in [5, 5.41) is 10.1. The molecule has 2 saturated carbocycles. The topological polar surface area (TPSA) is 91.0 Å². The van der Waals surface area contributed by atoms with Gasteiger partial charge in [0.2, 0.25) is 5.91 Å². The van der Waals surface area contributed by atoms with Crippen LogP contribution in [0, 0.1) is 0 Å².